The number of carboxylic acid groups (broad SMARTS) is 2. The Bertz CT molecular complexity index is 400. The second-order valence-electron chi connectivity index (χ2n) is 4.01. The first-order chi connectivity index (χ1) is 8.52. The molecule has 0 aliphatic rings. The zero-order valence-corrected chi connectivity index (χ0v) is 10.2. The Balaban J connectivity index is 2.71. The third-order valence-electron chi connectivity index (χ3n) is 2.37. The summed E-state index contributed by atoms with van der Waals surface area (Å²) in [5.41, 5.74) is 0.819. The van der Waals surface area contributed by atoms with Crippen LogP contribution >= 0.6 is 0 Å². The van der Waals surface area contributed by atoms with Crippen molar-refractivity contribution in [3.8, 4) is 0 Å². The molecule has 0 aliphatic carbocycles. The van der Waals surface area contributed by atoms with Crippen molar-refractivity contribution in [2.24, 2.45) is 0 Å². The maximum Gasteiger partial charge on any atom is 0.317 e. The van der Waals surface area contributed by atoms with Crippen LogP contribution in [0.1, 0.15) is 19.0 Å². The molecule has 0 spiro atoms. The normalized spacial score (nSPS) is 10.8. The molecule has 100 valence electrons. The lowest BCUT2D eigenvalue weighted by molar-refractivity contribution is -0.142. The standard InChI is InChI=1S/C11H17N3O4/c1-2-3-14-8-12-4-9(14)5-13(6-10(15)16)7-11(17)18/h4,8H,2-3,5-7H2,1H3,(H,15,16)(H,17,18). The maximum atomic E-state index is 10.7. The van der Waals surface area contributed by atoms with Crippen molar-refractivity contribution in [2.45, 2.75) is 26.4 Å². The van der Waals surface area contributed by atoms with Crippen molar-refractivity contribution in [1.29, 1.82) is 0 Å². The fraction of sp³-hybridized carbons (Fsp3) is 0.545. The zero-order valence-electron chi connectivity index (χ0n) is 10.2. The number of hydrogen-bond donors (Lipinski definition) is 2. The molecule has 0 fully saturated rings. The van der Waals surface area contributed by atoms with Gasteiger partial charge in [0.15, 0.2) is 0 Å². The first kappa shape index (κ1) is 14.2. The summed E-state index contributed by atoms with van der Waals surface area (Å²) in [5.74, 6) is -2.09. The van der Waals surface area contributed by atoms with Gasteiger partial charge in [0.1, 0.15) is 0 Å². The minimum atomic E-state index is -1.04. The molecule has 0 radical (unpaired) electrons. The zero-order chi connectivity index (χ0) is 13.5. The fourth-order valence-corrected chi connectivity index (χ4v) is 1.70. The van der Waals surface area contributed by atoms with Crippen molar-refractivity contribution in [3.63, 3.8) is 0 Å². The first-order valence-corrected chi connectivity index (χ1v) is 5.68. The van der Waals surface area contributed by atoms with Crippen LogP contribution in [0.5, 0.6) is 0 Å². The van der Waals surface area contributed by atoms with Gasteiger partial charge in [-0.05, 0) is 6.42 Å². The minimum absolute atomic E-state index is 0.262. The molecule has 1 aromatic rings. The minimum Gasteiger partial charge on any atom is -0.480 e. The predicted octanol–water partition coefficient (Wildman–Crippen LogP) is 0.264. The number of aliphatic carboxylic acids is 2. The topological polar surface area (TPSA) is 95.7 Å². The number of hydrogen-bond acceptors (Lipinski definition) is 4. The van der Waals surface area contributed by atoms with Crippen molar-refractivity contribution in [2.75, 3.05) is 13.1 Å². The summed E-state index contributed by atoms with van der Waals surface area (Å²) in [7, 11) is 0. The van der Waals surface area contributed by atoms with Crippen molar-refractivity contribution >= 4 is 11.9 Å². The van der Waals surface area contributed by atoms with Crippen LogP contribution in [-0.2, 0) is 22.7 Å². The van der Waals surface area contributed by atoms with Crippen molar-refractivity contribution < 1.29 is 19.8 Å². The number of aryl methyl sites for hydroxylation is 1. The molecule has 0 aromatic carbocycles. The molecule has 0 saturated heterocycles. The SMILES string of the molecule is CCCn1cncc1CN(CC(=O)O)CC(=O)O. The molecule has 1 heterocycles. The van der Waals surface area contributed by atoms with Crippen LogP contribution in [0, 0.1) is 0 Å². The van der Waals surface area contributed by atoms with Crippen molar-refractivity contribution in [3.05, 3.63) is 18.2 Å². The van der Waals surface area contributed by atoms with E-state index in [1.54, 1.807) is 12.5 Å². The van der Waals surface area contributed by atoms with Gasteiger partial charge in [-0.1, -0.05) is 6.92 Å². The van der Waals surface area contributed by atoms with E-state index in [-0.39, 0.29) is 19.6 Å². The molecule has 0 aliphatic heterocycles. The number of imidazole rings is 1. The van der Waals surface area contributed by atoms with Gasteiger partial charge in [-0.3, -0.25) is 14.5 Å². The third-order valence-corrected chi connectivity index (χ3v) is 2.37. The average Bonchev–Trinajstić information content (AvgIpc) is 2.64. The van der Waals surface area contributed by atoms with E-state index < -0.39 is 11.9 Å². The van der Waals surface area contributed by atoms with Gasteiger partial charge < -0.3 is 14.8 Å². The molecule has 0 unspecified atom stereocenters. The molecule has 0 bridgehead atoms. The summed E-state index contributed by atoms with van der Waals surface area (Å²) in [5, 5.41) is 17.5. The number of aromatic nitrogens is 2. The maximum absolute atomic E-state index is 10.7. The van der Waals surface area contributed by atoms with Crippen LogP contribution < -0.4 is 0 Å². The Kier molecular flexibility index (Phi) is 5.31. The molecule has 0 saturated carbocycles. The molecular formula is C11H17N3O4. The number of carbonyl (C=O) groups is 2. The number of carboxylic acids is 2. The van der Waals surface area contributed by atoms with Crippen LogP contribution in [-0.4, -0.2) is 49.7 Å². The summed E-state index contributed by atoms with van der Waals surface area (Å²) >= 11 is 0. The number of nitrogens with zero attached hydrogens (tertiary/aromatic N) is 3. The summed E-state index contributed by atoms with van der Waals surface area (Å²) in [6.07, 6.45) is 4.23. The van der Waals surface area contributed by atoms with Gasteiger partial charge in [0.05, 0.1) is 25.1 Å². The third kappa shape index (κ3) is 4.54. The molecule has 7 nitrogen and oxygen atoms in total. The van der Waals surface area contributed by atoms with E-state index in [4.69, 9.17) is 10.2 Å². The van der Waals surface area contributed by atoms with Crippen LogP contribution in [0.2, 0.25) is 0 Å². The summed E-state index contributed by atoms with van der Waals surface area (Å²) in [4.78, 5) is 26.7. The van der Waals surface area contributed by atoms with Crippen LogP contribution in [0.25, 0.3) is 0 Å². The van der Waals surface area contributed by atoms with Crippen molar-refractivity contribution in [1.82, 2.24) is 14.5 Å². The quantitative estimate of drug-likeness (QED) is 0.692. The Morgan fingerprint density at radius 3 is 2.44 bits per heavy atom. The van der Waals surface area contributed by atoms with Gasteiger partial charge in [0.25, 0.3) is 0 Å². The van der Waals surface area contributed by atoms with E-state index in [1.165, 1.54) is 4.90 Å². The summed E-state index contributed by atoms with van der Waals surface area (Å²) in [6.45, 7) is 2.46. The predicted molar refractivity (Wildman–Crippen MR) is 63.1 cm³/mol. The van der Waals surface area contributed by atoms with Gasteiger partial charge in [0, 0.05) is 19.3 Å². The van der Waals surface area contributed by atoms with Gasteiger partial charge in [0.2, 0.25) is 0 Å². The van der Waals surface area contributed by atoms with E-state index in [2.05, 4.69) is 4.98 Å². The second kappa shape index (κ2) is 6.75. The fourth-order valence-electron chi connectivity index (χ4n) is 1.70. The molecule has 1 aromatic heterocycles. The Labute approximate surface area is 105 Å². The van der Waals surface area contributed by atoms with Gasteiger partial charge in [-0.15, -0.1) is 0 Å². The number of rotatable bonds is 8. The van der Waals surface area contributed by atoms with Gasteiger partial charge >= 0.3 is 11.9 Å². The van der Waals surface area contributed by atoms with Crippen LogP contribution in [0.4, 0.5) is 0 Å². The van der Waals surface area contributed by atoms with Crippen LogP contribution in [0.15, 0.2) is 12.5 Å². The average molecular weight is 255 g/mol. The largest absolute Gasteiger partial charge is 0.480 e. The van der Waals surface area contributed by atoms with Gasteiger partial charge in [-0.2, -0.15) is 0 Å². The smallest absolute Gasteiger partial charge is 0.317 e. The lowest BCUT2D eigenvalue weighted by Crippen LogP contribution is -2.34. The Morgan fingerprint density at radius 2 is 1.94 bits per heavy atom. The summed E-state index contributed by atoms with van der Waals surface area (Å²) < 4.78 is 1.90. The highest BCUT2D eigenvalue weighted by Gasteiger charge is 2.15. The molecule has 0 atom stereocenters. The van der Waals surface area contributed by atoms with E-state index in [0.29, 0.717) is 0 Å². The lowest BCUT2D eigenvalue weighted by Gasteiger charge is -2.18. The molecule has 0 amide bonds. The monoisotopic (exact) mass is 255 g/mol. The molecular weight excluding hydrogens is 238 g/mol. The van der Waals surface area contributed by atoms with Crippen LogP contribution in [0.3, 0.4) is 0 Å². The van der Waals surface area contributed by atoms with E-state index in [0.717, 1.165) is 18.7 Å². The molecule has 1 rings (SSSR count). The highest BCUT2D eigenvalue weighted by Crippen LogP contribution is 2.05. The van der Waals surface area contributed by atoms with E-state index >= 15 is 0 Å². The first-order valence-electron chi connectivity index (χ1n) is 5.68. The Hall–Kier alpha value is -1.89. The lowest BCUT2D eigenvalue weighted by atomic mass is 10.3. The molecule has 18 heavy (non-hydrogen) atoms. The molecule has 2 N–H and O–H groups in total. The van der Waals surface area contributed by atoms with E-state index in [9.17, 15) is 9.59 Å². The second-order valence-corrected chi connectivity index (χ2v) is 4.01. The van der Waals surface area contributed by atoms with Gasteiger partial charge in [-0.25, -0.2) is 4.98 Å². The highest BCUT2D eigenvalue weighted by atomic mass is 16.4. The molecule has 7 heteroatoms. The summed E-state index contributed by atoms with van der Waals surface area (Å²) in [6, 6.07) is 0. The van der Waals surface area contributed by atoms with E-state index in [1.807, 2.05) is 11.5 Å². The Morgan fingerprint density at radius 1 is 1.33 bits per heavy atom. The highest BCUT2D eigenvalue weighted by molar-refractivity contribution is 5.72.